The lowest BCUT2D eigenvalue weighted by atomic mass is 10.1. The first-order chi connectivity index (χ1) is 11.0. The van der Waals surface area contributed by atoms with Crippen molar-refractivity contribution in [2.75, 3.05) is 46.4 Å². The summed E-state index contributed by atoms with van der Waals surface area (Å²) in [5.74, 6) is 0. The second kappa shape index (κ2) is 8.35. The van der Waals surface area contributed by atoms with Gasteiger partial charge in [0.15, 0.2) is 0 Å². The van der Waals surface area contributed by atoms with E-state index >= 15 is 0 Å². The van der Waals surface area contributed by atoms with E-state index in [0.717, 1.165) is 31.9 Å². The number of benzene rings is 1. The van der Waals surface area contributed by atoms with Gasteiger partial charge < -0.3 is 9.84 Å². The molecule has 1 saturated heterocycles. The molecule has 0 radical (unpaired) electrons. The van der Waals surface area contributed by atoms with Crippen LogP contribution in [0.4, 0.5) is 5.69 Å². The van der Waals surface area contributed by atoms with Crippen LogP contribution in [0.15, 0.2) is 18.2 Å². The summed E-state index contributed by atoms with van der Waals surface area (Å²) < 4.78 is 5.30. The van der Waals surface area contributed by atoms with Gasteiger partial charge in [-0.05, 0) is 19.5 Å². The van der Waals surface area contributed by atoms with Gasteiger partial charge in [0.2, 0.25) is 0 Å². The molecule has 0 saturated carbocycles. The van der Waals surface area contributed by atoms with Gasteiger partial charge in [-0.1, -0.05) is 12.1 Å². The molecule has 1 unspecified atom stereocenters. The maximum atomic E-state index is 11.0. The van der Waals surface area contributed by atoms with Crippen molar-refractivity contribution in [1.82, 2.24) is 9.80 Å². The number of aliphatic hydroxyl groups is 1. The fourth-order valence-electron chi connectivity index (χ4n) is 2.89. The molecule has 1 aliphatic rings. The number of nitrogens with zero attached hydrogens (tertiary/aromatic N) is 3. The summed E-state index contributed by atoms with van der Waals surface area (Å²) in [4.78, 5) is 14.8. The lowest BCUT2D eigenvalue weighted by Crippen LogP contribution is -2.44. The van der Waals surface area contributed by atoms with E-state index in [-0.39, 0.29) is 10.6 Å². The fourth-order valence-corrected chi connectivity index (χ4v) is 2.89. The van der Waals surface area contributed by atoms with Gasteiger partial charge in [0, 0.05) is 44.4 Å². The molecule has 0 bridgehead atoms. The lowest BCUT2D eigenvalue weighted by molar-refractivity contribution is -0.385. The number of β-amino-alcohol motifs (C(OH)–C–C–N with tert-alkyl or cyclic N) is 1. The smallest absolute Gasteiger partial charge is 0.272 e. The zero-order chi connectivity index (χ0) is 16.8. The number of nitro groups is 1. The minimum atomic E-state index is -0.447. The van der Waals surface area contributed by atoms with Crippen molar-refractivity contribution in [3.8, 4) is 0 Å². The number of ether oxygens (including phenoxy) is 1. The highest BCUT2D eigenvalue weighted by atomic mass is 16.6. The molecule has 0 aromatic heterocycles. The number of morpholine rings is 1. The Morgan fingerprint density at radius 2 is 2.13 bits per heavy atom. The number of nitro benzene ring substituents is 1. The minimum absolute atomic E-state index is 0.143. The predicted octanol–water partition coefficient (Wildman–Crippen LogP) is 1.03. The third kappa shape index (κ3) is 5.24. The van der Waals surface area contributed by atoms with Gasteiger partial charge in [-0.3, -0.25) is 19.9 Å². The number of rotatable bonds is 7. The molecule has 1 atom stereocenters. The van der Waals surface area contributed by atoms with Crippen molar-refractivity contribution in [3.63, 3.8) is 0 Å². The number of aliphatic hydroxyl groups excluding tert-OH is 1. The highest BCUT2D eigenvalue weighted by Gasteiger charge is 2.18. The van der Waals surface area contributed by atoms with Gasteiger partial charge in [0.1, 0.15) is 0 Å². The van der Waals surface area contributed by atoms with E-state index in [4.69, 9.17) is 4.74 Å². The van der Waals surface area contributed by atoms with Crippen molar-refractivity contribution in [3.05, 3.63) is 39.4 Å². The Bertz CT molecular complexity index is 532. The van der Waals surface area contributed by atoms with Gasteiger partial charge in [0.05, 0.1) is 24.2 Å². The Morgan fingerprint density at radius 3 is 2.78 bits per heavy atom. The van der Waals surface area contributed by atoms with Crippen molar-refractivity contribution < 1.29 is 14.8 Å². The molecular weight excluding hydrogens is 298 g/mol. The Labute approximate surface area is 136 Å². The summed E-state index contributed by atoms with van der Waals surface area (Å²) in [5, 5.41) is 21.2. The van der Waals surface area contributed by atoms with Crippen LogP contribution in [-0.2, 0) is 11.3 Å². The number of likely N-dealkylation sites (N-methyl/N-ethyl adjacent to an activating group) is 1. The van der Waals surface area contributed by atoms with E-state index in [0.29, 0.717) is 25.2 Å². The van der Waals surface area contributed by atoms with Crippen LogP contribution in [0.25, 0.3) is 0 Å². The molecule has 1 aromatic carbocycles. The maximum absolute atomic E-state index is 11.0. The normalized spacial score (nSPS) is 17.4. The zero-order valence-electron chi connectivity index (χ0n) is 13.8. The van der Waals surface area contributed by atoms with Crippen molar-refractivity contribution >= 4 is 5.69 Å². The van der Waals surface area contributed by atoms with Crippen LogP contribution in [0.3, 0.4) is 0 Å². The summed E-state index contributed by atoms with van der Waals surface area (Å²) >= 11 is 0. The molecule has 23 heavy (non-hydrogen) atoms. The third-order valence-corrected chi connectivity index (χ3v) is 4.15. The lowest BCUT2D eigenvalue weighted by Gasteiger charge is -2.30. The van der Waals surface area contributed by atoms with Crippen LogP contribution >= 0.6 is 0 Å². The molecule has 7 nitrogen and oxygen atoms in total. The first-order valence-electron chi connectivity index (χ1n) is 7.87. The standard InChI is InChI=1S/C16H25N3O4/c1-13-14(4-3-5-16(13)19(21)22)10-17(2)11-15(20)12-18-6-8-23-9-7-18/h3-5,15,20H,6-12H2,1-2H3. The highest BCUT2D eigenvalue weighted by Crippen LogP contribution is 2.22. The third-order valence-electron chi connectivity index (χ3n) is 4.15. The van der Waals surface area contributed by atoms with Crippen molar-refractivity contribution in [2.24, 2.45) is 0 Å². The van der Waals surface area contributed by atoms with E-state index in [2.05, 4.69) is 4.90 Å². The van der Waals surface area contributed by atoms with Crippen LogP contribution in [0.2, 0.25) is 0 Å². The van der Waals surface area contributed by atoms with Crippen molar-refractivity contribution in [1.29, 1.82) is 0 Å². The first-order valence-corrected chi connectivity index (χ1v) is 7.87. The summed E-state index contributed by atoms with van der Waals surface area (Å²) in [5.41, 5.74) is 1.75. The van der Waals surface area contributed by atoms with Crippen molar-refractivity contribution in [2.45, 2.75) is 19.6 Å². The topological polar surface area (TPSA) is 79.1 Å². The molecule has 1 heterocycles. The van der Waals surface area contributed by atoms with E-state index in [1.165, 1.54) is 6.07 Å². The SMILES string of the molecule is Cc1c(CN(C)CC(O)CN2CCOCC2)cccc1[N+](=O)[O-]. The monoisotopic (exact) mass is 323 g/mol. The quantitative estimate of drug-likeness (QED) is 0.596. The minimum Gasteiger partial charge on any atom is -0.390 e. The van der Waals surface area contributed by atoms with Gasteiger partial charge in [-0.25, -0.2) is 0 Å². The maximum Gasteiger partial charge on any atom is 0.272 e. The Balaban J connectivity index is 1.87. The fraction of sp³-hybridized carbons (Fsp3) is 0.625. The summed E-state index contributed by atoms with van der Waals surface area (Å²) in [7, 11) is 1.92. The Hall–Kier alpha value is -1.54. The molecule has 1 fully saturated rings. The average Bonchev–Trinajstić information content (AvgIpc) is 2.49. The van der Waals surface area contributed by atoms with Crippen LogP contribution in [0, 0.1) is 17.0 Å². The van der Waals surface area contributed by atoms with Crippen LogP contribution in [0.5, 0.6) is 0 Å². The molecule has 1 aliphatic heterocycles. The van der Waals surface area contributed by atoms with E-state index in [1.54, 1.807) is 13.0 Å². The predicted molar refractivity (Wildman–Crippen MR) is 87.4 cm³/mol. The van der Waals surface area contributed by atoms with Gasteiger partial charge in [-0.2, -0.15) is 0 Å². The zero-order valence-corrected chi connectivity index (χ0v) is 13.8. The Kier molecular flexibility index (Phi) is 6.47. The molecule has 0 spiro atoms. The van der Waals surface area contributed by atoms with E-state index < -0.39 is 6.10 Å². The molecule has 1 N–H and O–H groups in total. The number of hydrogen-bond acceptors (Lipinski definition) is 6. The molecular formula is C16H25N3O4. The Morgan fingerprint density at radius 1 is 1.43 bits per heavy atom. The highest BCUT2D eigenvalue weighted by molar-refractivity contribution is 5.44. The summed E-state index contributed by atoms with van der Waals surface area (Å²) in [6.07, 6.45) is -0.447. The van der Waals surface area contributed by atoms with Crippen LogP contribution < -0.4 is 0 Å². The average molecular weight is 323 g/mol. The molecule has 2 rings (SSSR count). The first kappa shape index (κ1) is 17.8. The van der Waals surface area contributed by atoms with Gasteiger partial charge >= 0.3 is 0 Å². The molecule has 1 aromatic rings. The van der Waals surface area contributed by atoms with Crippen LogP contribution in [0.1, 0.15) is 11.1 Å². The van der Waals surface area contributed by atoms with E-state index in [9.17, 15) is 15.2 Å². The number of hydrogen-bond donors (Lipinski definition) is 1. The van der Waals surface area contributed by atoms with Crippen LogP contribution in [-0.4, -0.2) is 72.4 Å². The largest absolute Gasteiger partial charge is 0.390 e. The second-order valence-corrected chi connectivity index (χ2v) is 6.08. The molecule has 0 aliphatic carbocycles. The second-order valence-electron chi connectivity index (χ2n) is 6.08. The van der Waals surface area contributed by atoms with E-state index in [1.807, 2.05) is 18.0 Å². The van der Waals surface area contributed by atoms with Gasteiger partial charge in [-0.15, -0.1) is 0 Å². The summed E-state index contributed by atoms with van der Waals surface area (Å²) in [6.45, 7) is 6.64. The summed E-state index contributed by atoms with van der Waals surface area (Å²) in [6, 6.07) is 5.12. The van der Waals surface area contributed by atoms with Gasteiger partial charge in [0.25, 0.3) is 5.69 Å². The molecule has 7 heteroatoms. The molecule has 128 valence electrons. The molecule has 0 amide bonds.